The Hall–Kier alpha value is -0.570. The van der Waals surface area contributed by atoms with Gasteiger partial charge >= 0.3 is 5.97 Å². The number of hydrogen-bond donors (Lipinski definition) is 2. The molecular formula is C9H18O3. The fourth-order valence-electron chi connectivity index (χ4n) is 0.964. The van der Waals surface area contributed by atoms with Gasteiger partial charge in [0.15, 0.2) is 0 Å². The van der Waals surface area contributed by atoms with E-state index in [0.29, 0.717) is 12.8 Å². The maximum absolute atomic E-state index is 10.4. The topological polar surface area (TPSA) is 57.5 Å². The van der Waals surface area contributed by atoms with Crippen LogP contribution < -0.4 is 0 Å². The summed E-state index contributed by atoms with van der Waals surface area (Å²) in [5.74, 6) is -1.06. The lowest BCUT2D eigenvalue weighted by Crippen LogP contribution is -2.19. The van der Waals surface area contributed by atoms with Crippen LogP contribution in [0.25, 0.3) is 0 Å². The first-order chi connectivity index (χ1) is 5.33. The van der Waals surface area contributed by atoms with Gasteiger partial charge in [-0.3, -0.25) is 4.79 Å². The van der Waals surface area contributed by atoms with Crippen LogP contribution in [0.5, 0.6) is 0 Å². The smallest absolute Gasteiger partial charge is 0.306 e. The highest BCUT2D eigenvalue weighted by Gasteiger charge is 2.15. The third kappa shape index (κ3) is 6.16. The fourth-order valence-corrected chi connectivity index (χ4v) is 0.964. The highest BCUT2D eigenvalue weighted by molar-refractivity contribution is 5.69. The molecule has 0 radical (unpaired) electrons. The second-order valence-corrected chi connectivity index (χ2v) is 3.94. The monoisotopic (exact) mass is 174 g/mol. The van der Waals surface area contributed by atoms with Crippen molar-refractivity contribution in [3.05, 3.63) is 0 Å². The lowest BCUT2D eigenvalue weighted by Gasteiger charge is -2.17. The molecule has 0 saturated carbocycles. The first kappa shape index (κ1) is 11.4. The number of carbonyl (C=O) groups is 1. The molecule has 0 aromatic heterocycles. The van der Waals surface area contributed by atoms with E-state index in [1.54, 1.807) is 20.8 Å². The molecule has 3 heteroatoms. The van der Waals surface area contributed by atoms with Crippen LogP contribution in [0.15, 0.2) is 0 Å². The average Bonchev–Trinajstić information content (AvgIpc) is 1.84. The Bertz CT molecular complexity index is 146. The largest absolute Gasteiger partial charge is 0.481 e. The molecule has 0 rings (SSSR count). The number of carboxylic acid groups (broad SMARTS) is 1. The predicted molar refractivity (Wildman–Crippen MR) is 46.9 cm³/mol. The summed E-state index contributed by atoms with van der Waals surface area (Å²) in [7, 11) is 0. The van der Waals surface area contributed by atoms with Gasteiger partial charge in [0.05, 0.1) is 11.5 Å². The molecule has 1 unspecified atom stereocenters. The molecule has 12 heavy (non-hydrogen) atoms. The summed E-state index contributed by atoms with van der Waals surface area (Å²) >= 11 is 0. The van der Waals surface area contributed by atoms with Crippen LogP contribution in [0.3, 0.4) is 0 Å². The molecule has 0 amide bonds. The minimum Gasteiger partial charge on any atom is -0.481 e. The zero-order chi connectivity index (χ0) is 9.78. The van der Waals surface area contributed by atoms with Crippen LogP contribution >= 0.6 is 0 Å². The van der Waals surface area contributed by atoms with E-state index in [1.165, 1.54) is 0 Å². The van der Waals surface area contributed by atoms with Crippen molar-refractivity contribution in [2.24, 2.45) is 5.92 Å². The Morgan fingerprint density at radius 2 is 2.00 bits per heavy atom. The highest BCUT2D eigenvalue weighted by Crippen LogP contribution is 2.15. The fraction of sp³-hybridized carbons (Fsp3) is 0.889. The zero-order valence-electron chi connectivity index (χ0n) is 8.00. The average molecular weight is 174 g/mol. The summed E-state index contributed by atoms with van der Waals surface area (Å²) in [6.45, 7) is 5.16. The Kier molecular flexibility index (Phi) is 4.24. The van der Waals surface area contributed by atoms with Crippen molar-refractivity contribution in [1.82, 2.24) is 0 Å². The van der Waals surface area contributed by atoms with Gasteiger partial charge in [0.2, 0.25) is 0 Å². The van der Waals surface area contributed by atoms with Crippen LogP contribution in [-0.4, -0.2) is 21.8 Å². The van der Waals surface area contributed by atoms with Gasteiger partial charge in [0.1, 0.15) is 0 Å². The van der Waals surface area contributed by atoms with Crippen molar-refractivity contribution in [3.63, 3.8) is 0 Å². The van der Waals surface area contributed by atoms with Gasteiger partial charge in [-0.1, -0.05) is 6.92 Å². The zero-order valence-corrected chi connectivity index (χ0v) is 8.00. The van der Waals surface area contributed by atoms with Crippen molar-refractivity contribution in [1.29, 1.82) is 0 Å². The van der Waals surface area contributed by atoms with Crippen LogP contribution in [0.2, 0.25) is 0 Å². The van der Waals surface area contributed by atoms with Crippen molar-refractivity contribution >= 4 is 5.97 Å². The van der Waals surface area contributed by atoms with E-state index in [1.807, 2.05) is 0 Å². The predicted octanol–water partition coefficient (Wildman–Crippen LogP) is 1.65. The van der Waals surface area contributed by atoms with Crippen LogP contribution in [0.1, 0.15) is 40.0 Å². The normalized spacial score (nSPS) is 14.3. The van der Waals surface area contributed by atoms with Gasteiger partial charge in [-0.2, -0.15) is 0 Å². The van der Waals surface area contributed by atoms with Crippen molar-refractivity contribution in [2.75, 3.05) is 0 Å². The summed E-state index contributed by atoms with van der Waals surface area (Å²) in [6, 6.07) is 0. The number of aliphatic carboxylic acids is 1. The van der Waals surface area contributed by atoms with E-state index >= 15 is 0 Å². The van der Waals surface area contributed by atoms with Crippen LogP contribution in [0.4, 0.5) is 0 Å². The van der Waals surface area contributed by atoms with Gasteiger partial charge in [-0.25, -0.2) is 0 Å². The van der Waals surface area contributed by atoms with Crippen molar-refractivity contribution in [2.45, 2.75) is 45.6 Å². The van der Waals surface area contributed by atoms with Crippen molar-refractivity contribution < 1.29 is 15.0 Å². The van der Waals surface area contributed by atoms with E-state index in [2.05, 4.69) is 0 Å². The van der Waals surface area contributed by atoms with E-state index < -0.39 is 11.6 Å². The van der Waals surface area contributed by atoms with Gasteiger partial charge in [0.25, 0.3) is 0 Å². The standard InChI is InChI=1S/C9H18O3/c1-7(8(10)11)5-4-6-9(2,3)12/h7,12H,4-6H2,1-3H3,(H,10,11). The van der Waals surface area contributed by atoms with Crippen LogP contribution in [-0.2, 0) is 4.79 Å². The third-order valence-corrected chi connectivity index (χ3v) is 1.85. The van der Waals surface area contributed by atoms with Gasteiger partial charge in [0, 0.05) is 0 Å². The maximum Gasteiger partial charge on any atom is 0.306 e. The molecule has 0 bridgehead atoms. The summed E-state index contributed by atoms with van der Waals surface area (Å²) in [4.78, 5) is 10.4. The molecule has 72 valence electrons. The Morgan fingerprint density at radius 1 is 1.50 bits per heavy atom. The minimum absolute atomic E-state index is 0.299. The molecule has 0 aliphatic rings. The number of carboxylic acids is 1. The molecule has 0 fully saturated rings. The summed E-state index contributed by atoms with van der Waals surface area (Å²) in [5.41, 5.74) is -0.668. The molecule has 0 aromatic carbocycles. The van der Waals surface area contributed by atoms with Crippen LogP contribution in [0, 0.1) is 5.92 Å². The lowest BCUT2D eigenvalue weighted by molar-refractivity contribution is -0.141. The number of hydrogen-bond acceptors (Lipinski definition) is 2. The Labute approximate surface area is 73.4 Å². The quantitative estimate of drug-likeness (QED) is 0.666. The molecule has 1 atom stereocenters. The second-order valence-electron chi connectivity index (χ2n) is 3.94. The number of aliphatic hydroxyl groups is 1. The Morgan fingerprint density at radius 3 is 2.33 bits per heavy atom. The Balaban J connectivity index is 3.51. The molecule has 0 spiro atoms. The highest BCUT2D eigenvalue weighted by atomic mass is 16.4. The van der Waals surface area contributed by atoms with Gasteiger partial charge < -0.3 is 10.2 Å². The summed E-state index contributed by atoms with van der Waals surface area (Å²) < 4.78 is 0. The molecule has 0 heterocycles. The molecule has 0 saturated heterocycles. The molecule has 3 nitrogen and oxygen atoms in total. The molecule has 0 aliphatic carbocycles. The van der Waals surface area contributed by atoms with E-state index in [0.717, 1.165) is 6.42 Å². The summed E-state index contributed by atoms with van der Waals surface area (Å²) in [5, 5.41) is 17.9. The lowest BCUT2D eigenvalue weighted by atomic mass is 9.97. The molecular weight excluding hydrogens is 156 g/mol. The number of rotatable bonds is 5. The summed E-state index contributed by atoms with van der Waals surface area (Å²) in [6.07, 6.45) is 2.06. The molecule has 2 N–H and O–H groups in total. The van der Waals surface area contributed by atoms with Crippen molar-refractivity contribution in [3.8, 4) is 0 Å². The maximum atomic E-state index is 10.4. The third-order valence-electron chi connectivity index (χ3n) is 1.85. The molecule has 0 aromatic rings. The first-order valence-electron chi connectivity index (χ1n) is 4.28. The second kappa shape index (κ2) is 4.45. The van der Waals surface area contributed by atoms with E-state index in [4.69, 9.17) is 5.11 Å². The SMILES string of the molecule is CC(CCCC(C)(C)O)C(=O)O. The minimum atomic E-state index is -0.759. The van der Waals surface area contributed by atoms with Gasteiger partial charge in [-0.05, 0) is 33.1 Å². The van der Waals surface area contributed by atoms with E-state index in [-0.39, 0.29) is 5.92 Å². The van der Waals surface area contributed by atoms with E-state index in [9.17, 15) is 9.90 Å². The first-order valence-corrected chi connectivity index (χ1v) is 4.28. The molecule has 0 aliphatic heterocycles. The van der Waals surface area contributed by atoms with Gasteiger partial charge in [-0.15, -0.1) is 0 Å².